The van der Waals surface area contributed by atoms with Gasteiger partial charge in [-0.15, -0.1) is 0 Å². The minimum Gasteiger partial charge on any atom is -0.380 e. The van der Waals surface area contributed by atoms with E-state index in [1.165, 1.54) is 32.1 Å². The standard InChI is InChI=1S/C15H28N2O2/c1-15(11-19-12-15)10-17(2)9-14(18)16-8-13-6-4-3-5-7-13/h13H,3-12H2,1-2H3,(H,16,18). The highest BCUT2D eigenvalue weighted by Gasteiger charge is 2.34. The van der Waals surface area contributed by atoms with Crippen LogP contribution in [0.25, 0.3) is 0 Å². The molecule has 0 aromatic carbocycles. The first-order valence-electron chi connectivity index (χ1n) is 7.60. The van der Waals surface area contributed by atoms with Crippen LogP contribution in [0.3, 0.4) is 0 Å². The lowest BCUT2D eigenvalue weighted by atomic mass is 9.88. The summed E-state index contributed by atoms with van der Waals surface area (Å²) in [6.07, 6.45) is 6.60. The van der Waals surface area contributed by atoms with Gasteiger partial charge in [0.25, 0.3) is 0 Å². The Kier molecular flexibility index (Phi) is 5.22. The molecule has 0 atom stereocenters. The lowest BCUT2D eigenvalue weighted by Gasteiger charge is -2.40. The topological polar surface area (TPSA) is 41.6 Å². The number of nitrogens with one attached hydrogen (secondary N) is 1. The molecule has 2 fully saturated rings. The number of likely N-dealkylation sites (N-methyl/N-ethyl adjacent to an activating group) is 1. The number of carbonyl (C=O) groups excluding carboxylic acids is 1. The zero-order chi connectivity index (χ0) is 13.7. The molecule has 1 amide bonds. The molecule has 4 nitrogen and oxygen atoms in total. The third-order valence-electron chi connectivity index (χ3n) is 4.28. The molecule has 4 heteroatoms. The van der Waals surface area contributed by atoms with Crippen molar-refractivity contribution in [2.45, 2.75) is 39.0 Å². The molecule has 2 rings (SSSR count). The summed E-state index contributed by atoms with van der Waals surface area (Å²) in [6, 6.07) is 0. The second-order valence-corrected chi connectivity index (χ2v) is 6.78. The van der Waals surface area contributed by atoms with E-state index < -0.39 is 0 Å². The molecule has 0 spiro atoms. The summed E-state index contributed by atoms with van der Waals surface area (Å²) in [5.74, 6) is 0.873. The Hall–Kier alpha value is -0.610. The van der Waals surface area contributed by atoms with Crippen molar-refractivity contribution in [3.8, 4) is 0 Å². The van der Waals surface area contributed by atoms with Crippen molar-refractivity contribution < 1.29 is 9.53 Å². The maximum Gasteiger partial charge on any atom is 0.234 e. The molecule has 2 aliphatic rings. The van der Waals surface area contributed by atoms with E-state index in [9.17, 15) is 4.79 Å². The Morgan fingerprint density at radius 3 is 2.58 bits per heavy atom. The quantitative estimate of drug-likeness (QED) is 0.796. The number of ether oxygens (including phenoxy) is 1. The summed E-state index contributed by atoms with van der Waals surface area (Å²) in [5, 5.41) is 3.09. The van der Waals surface area contributed by atoms with Gasteiger partial charge in [0.2, 0.25) is 5.91 Å². The minimum absolute atomic E-state index is 0.164. The molecule has 0 unspecified atom stereocenters. The van der Waals surface area contributed by atoms with E-state index in [-0.39, 0.29) is 11.3 Å². The highest BCUT2D eigenvalue weighted by atomic mass is 16.5. The van der Waals surface area contributed by atoms with E-state index in [0.29, 0.717) is 12.5 Å². The SMILES string of the molecule is CN(CC(=O)NCC1CCCCC1)CC1(C)COC1. The van der Waals surface area contributed by atoms with Gasteiger partial charge in [-0.25, -0.2) is 0 Å². The van der Waals surface area contributed by atoms with Crippen LogP contribution >= 0.6 is 0 Å². The first-order chi connectivity index (χ1) is 9.07. The molecule has 1 heterocycles. The Bertz CT molecular complexity index is 297. The van der Waals surface area contributed by atoms with Gasteiger partial charge in [0.05, 0.1) is 19.8 Å². The lowest BCUT2D eigenvalue weighted by Crippen LogP contribution is -2.49. The fraction of sp³-hybridized carbons (Fsp3) is 0.933. The Morgan fingerprint density at radius 1 is 1.32 bits per heavy atom. The van der Waals surface area contributed by atoms with Crippen LogP contribution in [0, 0.1) is 11.3 Å². The number of hydrogen-bond donors (Lipinski definition) is 1. The van der Waals surface area contributed by atoms with Crippen molar-refractivity contribution in [2.24, 2.45) is 11.3 Å². The van der Waals surface area contributed by atoms with Crippen molar-refractivity contribution in [2.75, 3.05) is 39.9 Å². The minimum atomic E-state index is 0.164. The van der Waals surface area contributed by atoms with Crippen LogP contribution in [0.15, 0.2) is 0 Å². The number of rotatable bonds is 6. The van der Waals surface area contributed by atoms with Crippen LogP contribution in [-0.2, 0) is 9.53 Å². The highest BCUT2D eigenvalue weighted by Crippen LogP contribution is 2.27. The average Bonchev–Trinajstić information content (AvgIpc) is 2.35. The van der Waals surface area contributed by atoms with E-state index in [1.807, 2.05) is 7.05 Å². The molecular formula is C15H28N2O2. The predicted molar refractivity (Wildman–Crippen MR) is 76.0 cm³/mol. The number of carbonyl (C=O) groups is 1. The van der Waals surface area contributed by atoms with Crippen molar-refractivity contribution in [1.29, 1.82) is 0 Å². The van der Waals surface area contributed by atoms with Crippen molar-refractivity contribution in [1.82, 2.24) is 10.2 Å². The smallest absolute Gasteiger partial charge is 0.234 e. The van der Waals surface area contributed by atoms with E-state index in [2.05, 4.69) is 17.1 Å². The maximum atomic E-state index is 11.9. The molecule has 110 valence electrons. The molecule has 1 saturated carbocycles. The van der Waals surface area contributed by atoms with Crippen LogP contribution < -0.4 is 5.32 Å². The molecule has 0 aromatic rings. The van der Waals surface area contributed by atoms with Gasteiger partial charge in [0, 0.05) is 18.5 Å². The van der Waals surface area contributed by atoms with Crippen LogP contribution in [-0.4, -0.2) is 50.7 Å². The van der Waals surface area contributed by atoms with Crippen LogP contribution in [0.1, 0.15) is 39.0 Å². The molecule has 0 radical (unpaired) electrons. The summed E-state index contributed by atoms with van der Waals surface area (Å²) in [7, 11) is 2.02. The molecule has 1 aliphatic heterocycles. The van der Waals surface area contributed by atoms with Crippen LogP contribution in [0.2, 0.25) is 0 Å². The molecule has 19 heavy (non-hydrogen) atoms. The molecule has 1 saturated heterocycles. The maximum absolute atomic E-state index is 11.9. The summed E-state index contributed by atoms with van der Waals surface area (Å²) in [4.78, 5) is 14.0. The lowest BCUT2D eigenvalue weighted by molar-refractivity contribution is -0.127. The Labute approximate surface area is 116 Å². The zero-order valence-corrected chi connectivity index (χ0v) is 12.4. The summed E-state index contributed by atoms with van der Waals surface area (Å²) in [6.45, 7) is 6.16. The van der Waals surface area contributed by atoms with Gasteiger partial charge in [-0.05, 0) is 25.8 Å². The van der Waals surface area contributed by atoms with Gasteiger partial charge in [0.15, 0.2) is 0 Å². The Morgan fingerprint density at radius 2 is 2.00 bits per heavy atom. The molecule has 1 aliphatic carbocycles. The Balaban J connectivity index is 1.60. The second kappa shape index (κ2) is 6.71. The molecular weight excluding hydrogens is 240 g/mol. The normalized spacial score (nSPS) is 23.1. The summed E-state index contributed by atoms with van der Waals surface area (Å²) < 4.78 is 5.24. The van der Waals surface area contributed by atoms with Crippen LogP contribution in [0.4, 0.5) is 0 Å². The first-order valence-corrected chi connectivity index (χ1v) is 7.60. The van der Waals surface area contributed by atoms with Gasteiger partial charge in [-0.1, -0.05) is 26.2 Å². The van der Waals surface area contributed by atoms with Gasteiger partial charge >= 0.3 is 0 Å². The van der Waals surface area contributed by atoms with E-state index in [1.54, 1.807) is 0 Å². The van der Waals surface area contributed by atoms with Gasteiger partial charge < -0.3 is 10.1 Å². The fourth-order valence-electron chi connectivity index (χ4n) is 3.20. The van der Waals surface area contributed by atoms with E-state index >= 15 is 0 Å². The van der Waals surface area contributed by atoms with Crippen molar-refractivity contribution in [3.05, 3.63) is 0 Å². The number of amides is 1. The zero-order valence-electron chi connectivity index (χ0n) is 12.4. The monoisotopic (exact) mass is 268 g/mol. The third kappa shape index (κ3) is 4.77. The average molecular weight is 268 g/mol. The highest BCUT2D eigenvalue weighted by molar-refractivity contribution is 5.77. The van der Waals surface area contributed by atoms with Gasteiger partial charge in [-0.2, -0.15) is 0 Å². The number of nitrogens with zero attached hydrogens (tertiary/aromatic N) is 1. The summed E-state index contributed by atoms with van der Waals surface area (Å²) >= 11 is 0. The van der Waals surface area contributed by atoms with Crippen molar-refractivity contribution in [3.63, 3.8) is 0 Å². The largest absolute Gasteiger partial charge is 0.380 e. The van der Waals surface area contributed by atoms with Gasteiger partial charge in [0.1, 0.15) is 0 Å². The van der Waals surface area contributed by atoms with E-state index in [4.69, 9.17) is 4.74 Å². The van der Waals surface area contributed by atoms with Crippen molar-refractivity contribution >= 4 is 5.91 Å². The fourth-order valence-corrected chi connectivity index (χ4v) is 3.20. The van der Waals surface area contributed by atoms with Gasteiger partial charge in [-0.3, -0.25) is 9.69 Å². The molecule has 0 bridgehead atoms. The van der Waals surface area contributed by atoms with Crippen LogP contribution in [0.5, 0.6) is 0 Å². The second-order valence-electron chi connectivity index (χ2n) is 6.78. The van der Waals surface area contributed by atoms with E-state index in [0.717, 1.165) is 26.3 Å². The summed E-state index contributed by atoms with van der Waals surface area (Å²) in [5.41, 5.74) is 0.248. The predicted octanol–water partition coefficient (Wildman–Crippen LogP) is 1.65. The molecule has 1 N–H and O–H groups in total. The number of hydrogen-bond acceptors (Lipinski definition) is 3. The first kappa shape index (κ1) is 14.8. The third-order valence-corrected chi connectivity index (χ3v) is 4.28. The molecule has 0 aromatic heterocycles.